The number of carbonyl (C=O) groups is 1. The molecule has 0 saturated carbocycles. The number of anilines is 1. The fraction of sp³-hybridized carbons (Fsp3) is 0.312. The predicted octanol–water partition coefficient (Wildman–Crippen LogP) is 2.28. The van der Waals surface area contributed by atoms with Crippen molar-refractivity contribution in [3.05, 3.63) is 42.0 Å². The van der Waals surface area contributed by atoms with Crippen LogP contribution < -0.4 is 5.73 Å². The Bertz CT molecular complexity index is 654. The SMILES string of the molecule is CC1COCCN1C(=O)c1cc2ccccc2cc1N. The monoisotopic (exact) mass is 270 g/mol. The van der Waals surface area contributed by atoms with E-state index in [1.54, 1.807) is 0 Å². The Morgan fingerprint density at radius 2 is 2.00 bits per heavy atom. The van der Waals surface area contributed by atoms with Gasteiger partial charge in [-0.25, -0.2) is 0 Å². The van der Waals surface area contributed by atoms with Gasteiger partial charge >= 0.3 is 0 Å². The van der Waals surface area contributed by atoms with E-state index in [-0.39, 0.29) is 11.9 Å². The molecule has 1 aliphatic rings. The van der Waals surface area contributed by atoms with Gasteiger partial charge in [0.2, 0.25) is 0 Å². The number of hydrogen-bond acceptors (Lipinski definition) is 3. The molecule has 0 spiro atoms. The Hall–Kier alpha value is -2.07. The third kappa shape index (κ3) is 2.23. The van der Waals surface area contributed by atoms with Crippen LogP contribution in [0.15, 0.2) is 36.4 Å². The van der Waals surface area contributed by atoms with Gasteiger partial charge in [0.1, 0.15) is 0 Å². The Morgan fingerprint density at radius 1 is 1.30 bits per heavy atom. The highest BCUT2D eigenvalue weighted by Gasteiger charge is 2.26. The smallest absolute Gasteiger partial charge is 0.256 e. The van der Waals surface area contributed by atoms with Crippen molar-refractivity contribution in [2.75, 3.05) is 25.5 Å². The normalized spacial score (nSPS) is 19.2. The second-order valence-corrected chi connectivity index (χ2v) is 5.21. The van der Waals surface area contributed by atoms with E-state index >= 15 is 0 Å². The maximum absolute atomic E-state index is 12.7. The first-order valence-electron chi connectivity index (χ1n) is 6.84. The van der Waals surface area contributed by atoms with Gasteiger partial charge in [0.05, 0.1) is 24.8 Å². The Morgan fingerprint density at radius 3 is 2.70 bits per heavy atom. The summed E-state index contributed by atoms with van der Waals surface area (Å²) in [5.41, 5.74) is 7.18. The number of amides is 1. The van der Waals surface area contributed by atoms with Crippen molar-refractivity contribution in [2.45, 2.75) is 13.0 Å². The lowest BCUT2D eigenvalue weighted by Gasteiger charge is -2.33. The number of ether oxygens (including phenoxy) is 1. The number of nitrogen functional groups attached to an aromatic ring is 1. The first-order chi connectivity index (χ1) is 9.66. The largest absolute Gasteiger partial charge is 0.398 e. The molecule has 0 aliphatic carbocycles. The second kappa shape index (κ2) is 5.13. The van der Waals surface area contributed by atoms with Crippen LogP contribution >= 0.6 is 0 Å². The summed E-state index contributed by atoms with van der Waals surface area (Å²) in [5.74, 6) is -0.0101. The molecule has 3 rings (SSSR count). The van der Waals surface area contributed by atoms with E-state index in [9.17, 15) is 4.79 Å². The minimum Gasteiger partial charge on any atom is -0.398 e. The molecule has 1 fully saturated rings. The molecule has 1 aliphatic heterocycles. The first-order valence-corrected chi connectivity index (χ1v) is 6.84. The maximum atomic E-state index is 12.7. The lowest BCUT2D eigenvalue weighted by atomic mass is 10.0. The van der Waals surface area contributed by atoms with Gasteiger partial charge in [-0.05, 0) is 29.8 Å². The molecule has 4 heteroatoms. The summed E-state index contributed by atoms with van der Waals surface area (Å²) in [5, 5.41) is 2.09. The Kier molecular flexibility index (Phi) is 3.32. The first kappa shape index (κ1) is 12.9. The summed E-state index contributed by atoms with van der Waals surface area (Å²) in [7, 11) is 0. The number of nitrogens with two attached hydrogens (primary N) is 1. The van der Waals surface area contributed by atoms with Crippen LogP contribution in [-0.4, -0.2) is 36.6 Å². The van der Waals surface area contributed by atoms with E-state index in [1.165, 1.54) is 0 Å². The average Bonchev–Trinajstić information content (AvgIpc) is 2.46. The summed E-state index contributed by atoms with van der Waals surface area (Å²) < 4.78 is 5.37. The molecule has 4 nitrogen and oxygen atoms in total. The number of hydrogen-bond donors (Lipinski definition) is 1. The average molecular weight is 270 g/mol. The van der Waals surface area contributed by atoms with Crippen LogP contribution in [0.3, 0.4) is 0 Å². The number of morpholine rings is 1. The summed E-state index contributed by atoms with van der Waals surface area (Å²) >= 11 is 0. The number of fused-ring (bicyclic) bond motifs is 1. The lowest BCUT2D eigenvalue weighted by molar-refractivity contribution is 0.00366. The van der Waals surface area contributed by atoms with E-state index < -0.39 is 0 Å². The van der Waals surface area contributed by atoms with Gasteiger partial charge in [-0.2, -0.15) is 0 Å². The Labute approximate surface area is 118 Å². The highest BCUT2D eigenvalue weighted by Crippen LogP contribution is 2.24. The van der Waals surface area contributed by atoms with Crippen molar-refractivity contribution in [1.82, 2.24) is 4.90 Å². The van der Waals surface area contributed by atoms with Crippen LogP contribution in [0.4, 0.5) is 5.69 Å². The van der Waals surface area contributed by atoms with Crippen molar-refractivity contribution < 1.29 is 9.53 Å². The third-order valence-electron chi connectivity index (χ3n) is 3.78. The zero-order chi connectivity index (χ0) is 14.1. The van der Waals surface area contributed by atoms with Crippen LogP contribution in [0.2, 0.25) is 0 Å². The summed E-state index contributed by atoms with van der Waals surface area (Å²) in [4.78, 5) is 14.5. The zero-order valence-corrected chi connectivity index (χ0v) is 11.5. The van der Waals surface area contributed by atoms with Gasteiger partial charge in [-0.15, -0.1) is 0 Å². The molecule has 20 heavy (non-hydrogen) atoms. The van der Waals surface area contributed by atoms with Gasteiger partial charge < -0.3 is 15.4 Å². The fourth-order valence-electron chi connectivity index (χ4n) is 2.63. The molecule has 1 atom stereocenters. The minimum absolute atomic E-state index is 0.0101. The van der Waals surface area contributed by atoms with Crippen molar-refractivity contribution in [3.63, 3.8) is 0 Å². The number of nitrogens with zero attached hydrogens (tertiary/aromatic N) is 1. The molecule has 0 radical (unpaired) electrons. The summed E-state index contributed by atoms with van der Waals surface area (Å²) in [6.07, 6.45) is 0. The molecule has 1 amide bonds. The molecule has 0 bridgehead atoms. The molecule has 1 saturated heterocycles. The molecule has 2 N–H and O–H groups in total. The van der Waals surface area contributed by atoms with Crippen molar-refractivity contribution in [2.24, 2.45) is 0 Å². The van der Waals surface area contributed by atoms with Gasteiger partial charge in [-0.3, -0.25) is 4.79 Å². The summed E-state index contributed by atoms with van der Waals surface area (Å²) in [6.45, 7) is 3.78. The van der Waals surface area contributed by atoms with Crippen LogP contribution in [0, 0.1) is 0 Å². The van der Waals surface area contributed by atoms with E-state index in [1.807, 2.05) is 48.2 Å². The third-order valence-corrected chi connectivity index (χ3v) is 3.78. The molecule has 0 aromatic heterocycles. The maximum Gasteiger partial charge on any atom is 0.256 e. The van der Waals surface area contributed by atoms with Crippen molar-refractivity contribution in [3.8, 4) is 0 Å². The van der Waals surface area contributed by atoms with E-state index in [4.69, 9.17) is 10.5 Å². The van der Waals surface area contributed by atoms with E-state index in [0.717, 1.165) is 10.8 Å². The van der Waals surface area contributed by atoms with Gasteiger partial charge in [-0.1, -0.05) is 24.3 Å². The van der Waals surface area contributed by atoms with Gasteiger partial charge in [0.15, 0.2) is 0 Å². The molecular formula is C16H18N2O2. The molecule has 2 aromatic rings. The molecule has 1 heterocycles. The van der Waals surface area contributed by atoms with Crippen LogP contribution in [0.5, 0.6) is 0 Å². The van der Waals surface area contributed by atoms with Crippen LogP contribution in [0.25, 0.3) is 10.8 Å². The zero-order valence-electron chi connectivity index (χ0n) is 11.5. The molecule has 2 aromatic carbocycles. The molecule has 1 unspecified atom stereocenters. The lowest BCUT2D eigenvalue weighted by Crippen LogP contribution is -2.47. The highest BCUT2D eigenvalue weighted by atomic mass is 16.5. The van der Waals surface area contributed by atoms with Gasteiger partial charge in [0, 0.05) is 12.2 Å². The predicted molar refractivity (Wildman–Crippen MR) is 79.7 cm³/mol. The molecular weight excluding hydrogens is 252 g/mol. The number of benzene rings is 2. The van der Waals surface area contributed by atoms with Crippen molar-refractivity contribution in [1.29, 1.82) is 0 Å². The second-order valence-electron chi connectivity index (χ2n) is 5.21. The van der Waals surface area contributed by atoms with E-state index in [2.05, 4.69) is 0 Å². The van der Waals surface area contributed by atoms with Gasteiger partial charge in [0.25, 0.3) is 5.91 Å². The van der Waals surface area contributed by atoms with E-state index in [0.29, 0.717) is 31.0 Å². The topological polar surface area (TPSA) is 55.6 Å². The number of carbonyl (C=O) groups excluding carboxylic acids is 1. The minimum atomic E-state index is -0.0101. The molecule has 104 valence electrons. The standard InChI is InChI=1S/C16H18N2O2/c1-11-10-20-7-6-18(11)16(19)14-8-12-4-2-3-5-13(12)9-15(14)17/h2-5,8-9,11H,6-7,10,17H2,1H3. The number of rotatable bonds is 1. The quantitative estimate of drug-likeness (QED) is 0.809. The van der Waals surface area contributed by atoms with Crippen LogP contribution in [0.1, 0.15) is 17.3 Å². The Balaban J connectivity index is 2.00. The van der Waals surface area contributed by atoms with Crippen molar-refractivity contribution >= 4 is 22.4 Å². The highest BCUT2D eigenvalue weighted by molar-refractivity contribution is 6.04. The summed E-state index contributed by atoms with van der Waals surface area (Å²) in [6, 6.07) is 11.8. The van der Waals surface area contributed by atoms with Crippen LogP contribution in [-0.2, 0) is 4.74 Å². The fourth-order valence-corrected chi connectivity index (χ4v) is 2.63.